The molecule has 0 nitrogen and oxygen atoms in total. The van der Waals surface area contributed by atoms with Crippen molar-refractivity contribution in [2.75, 3.05) is 0 Å². The fourth-order valence-corrected chi connectivity index (χ4v) is 0.854. The predicted octanol–water partition coefficient (Wildman–Crippen LogP) is 2.74. The molecule has 0 fully saturated rings. The fraction of sp³-hybridized carbons (Fsp3) is 0. The molecule has 0 aliphatic carbocycles. The summed E-state index contributed by atoms with van der Waals surface area (Å²) < 4.78 is 1.09. The van der Waals surface area contributed by atoms with E-state index < -0.39 is 0 Å². The summed E-state index contributed by atoms with van der Waals surface area (Å²) in [5.41, 5.74) is 0. The zero-order valence-electron chi connectivity index (χ0n) is 4.44. The smallest absolute Gasteiger partial charge is 0.0176 e. The van der Waals surface area contributed by atoms with E-state index in [2.05, 4.69) is 28.6 Å². The van der Waals surface area contributed by atoms with Gasteiger partial charge in [-0.05, 0) is 24.3 Å². The Kier molecular flexibility index (Phi) is 4.67. The second-order valence-electron chi connectivity index (χ2n) is 1.48. The summed E-state index contributed by atoms with van der Waals surface area (Å²) in [7, 11) is 0. The normalized spacial score (nSPS) is 8.22. The van der Waals surface area contributed by atoms with Crippen LogP contribution in [0.5, 0.6) is 0 Å². The van der Waals surface area contributed by atoms with E-state index in [-0.39, 0.29) is 17.1 Å². The molecule has 0 unspecified atom stereocenters. The molecule has 0 amide bonds. The summed E-state index contributed by atoms with van der Waals surface area (Å²) in [6.45, 7) is 0. The molecule has 0 saturated heterocycles. The molecule has 0 spiro atoms. The Morgan fingerprint density at radius 3 is 1.89 bits per heavy atom. The van der Waals surface area contributed by atoms with Gasteiger partial charge in [0, 0.05) is 26.4 Å². The Bertz CT molecular complexity index is 152. The van der Waals surface area contributed by atoms with E-state index in [0.29, 0.717) is 0 Å². The third-order valence-electron chi connectivity index (χ3n) is 0.827. The topological polar surface area (TPSA) is 0 Å². The molecule has 0 heterocycles. The van der Waals surface area contributed by atoms with E-state index in [1.54, 1.807) is 0 Å². The second kappa shape index (κ2) is 4.40. The first-order chi connectivity index (χ1) is 3.79. The van der Waals surface area contributed by atoms with Gasteiger partial charge in [0.25, 0.3) is 0 Å². The Labute approximate surface area is 79.0 Å². The molecule has 0 atom stereocenters. The molecule has 0 aliphatic heterocycles. The minimum absolute atomic E-state index is 0. The summed E-state index contributed by atoms with van der Waals surface area (Å²) in [6.07, 6.45) is 0. The van der Waals surface area contributed by atoms with Crippen molar-refractivity contribution in [3.05, 3.63) is 28.7 Å². The van der Waals surface area contributed by atoms with Gasteiger partial charge in [-0.1, -0.05) is 15.9 Å². The number of hydrogen-bond acceptors (Lipinski definition) is 1. The van der Waals surface area contributed by atoms with Crippen LogP contribution in [0.1, 0.15) is 0 Å². The van der Waals surface area contributed by atoms with Crippen molar-refractivity contribution >= 4 is 28.6 Å². The van der Waals surface area contributed by atoms with E-state index in [9.17, 15) is 0 Å². The van der Waals surface area contributed by atoms with Crippen LogP contribution in [-0.4, -0.2) is 0 Å². The first-order valence-electron chi connectivity index (χ1n) is 2.23. The van der Waals surface area contributed by atoms with Crippen LogP contribution in [0.25, 0.3) is 0 Å². The maximum atomic E-state index is 4.11. The van der Waals surface area contributed by atoms with Crippen LogP contribution in [0.3, 0.4) is 0 Å². The van der Waals surface area contributed by atoms with Crippen LogP contribution in [0.15, 0.2) is 33.6 Å². The third-order valence-corrected chi connectivity index (χ3v) is 1.65. The second-order valence-corrected chi connectivity index (χ2v) is 2.91. The van der Waals surface area contributed by atoms with Crippen LogP contribution >= 0.6 is 28.6 Å². The summed E-state index contributed by atoms with van der Waals surface area (Å²) >= 11 is 7.42. The van der Waals surface area contributed by atoms with Gasteiger partial charge in [-0.3, -0.25) is 0 Å². The first kappa shape index (κ1) is 9.57. The quantitative estimate of drug-likeness (QED) is 0.533. The number of halogens is 1. The Morgan fingerprint density at radius 2 is 1.56 bits per heavy atom. The van der Waals surface area contributed by atoms with Crippen molar-refractivity contribution < 1.29 is 17.1 Å². The molecule has 1 aromatic carbocycles. The Balaban J connectivity index is 0.000000640. The molecule has 0 N–H and O–H groups in total. The minimum Gasteiger partial charge on any atom is -0.143 e. The largest absolute Gasteiger partial charge is 0.143 e. The molecular formula is C6H5BrCuS. The van der Waals surface area contributed by atoms with Gasteiger partial charge in [-0.15, -0.1) is 12.6 Å². The number of rotatable bonds is 0. The molecule has 1 aromatic rings. The molecule has 1 radical (unpaired) electrons. The predicted molar refractivity (Wildman–Crippen MR) is 41.4 cm³/mol. The molecule has 0 aromatic heterocycles. The van der Waals surface area contributed by atoms with E-state index in [0.717, 1.165) is 9.37 Å². The molecule has 0 aliphatic rings. The number of benzene rings is 1. The molecule has 0 saturated carbocycles. The number of hydrogen-bond donors (Lipinski definition) is 1. The first-order valence-corrected chi connectivity index (χ1v) is 3.47. The van der Waals surface area contributed by atoms with E-state index in [1.165, 1.54) is 0 Å². The maximum absolute atomic E-state index is 4.11. The fourth-order valence-electron chi connectivity index (χ4n) is 0.441. The van der Waals surface area contributed by atoms with E-state index in [1.807, 2.05) is 24.3 Å². The molecule has 3 heteroatoms. The van der Waals surface area contributed by atoms with Gasteiger partial charge in [0.2, 0.25) is 0 Å². The molecule has 1 rings (SSSR count). The average molecular weight is 253 g/mol. The van der Waals surface area contributed by atoms with Crippen molar-refractivity contribution in [2.45, 2.75) is 4.90 Å². The Morgan fingerprint density at radius 1 is 1.11 bits per heavy atom. The monoisotopic (exact) mass is 251 g/mol. The van der Waals surface area contributed by atoms with Gasteiger partial charge in [0.05, 0.1) is 0 Å². The van der Waals surface area contributed by atoms with Crippen molar-refractivity contribution in [1.29, 1.82) is 0 Å². The molecule has 9 heavy (non-hydrogen) atoms. The van der Waals surface area contributed by atoms with Gasteiger partial charge in [0.1, 0.15) is 0 Å². The van der Waals surface area contributed by atoms with Crippen LogP contribution < -0.4 is 0 Å². The zero-order chi connectivity index (χ0) is 5.98. The van der Waals surface area contributed by atoms with E-state index in [4.69, 9.17) is 0 Å². The molecular weight excluding hydrogens is 248 g/mol. The van der Waals surface area contributed by atoms with Gasteiger partial charge in [0.15, 0.2) is 0 Å². The summed E-state index contributed by atoms with van der Waals surface area (Å²) in [6, 6.07) is 7.80. The van der Waals surface area contributed by atoms with Crippen molar-refractivity contribution in [3.8, 4) is 0 Å². The third kappa shape index (κ3) is 3.31. The van der Waals surface area contributed by atoms with Gasteiger partial charge < -0.3 is 0 Å². The molecule has 53 valence electrons. The number of thiol groups is 1. The van der Waals surface area contributed by atoms with Crippen LogP contribution in [0, 0.1) is 0 Å². The standard InChI is InChI=1S/C6H5BrS.Cu/c7-5-1-3-6(8)4-2-5;/h1-4,8H;. The SMILES string of the molecule is Sc1ccc(Br)cc1.[Cu]. The molecule has 0 bridgehead atoms. The summed E-state index contributed by atoms with van der Waals surface area (Å²) in [5, 5.41) is 0. The minimum atomic E-state index is 0. The van der Waals surface area contributed by atoms with Gasteiger partial charge >= 0.3 is 0 Å². The van der Waals surface area contributed by atoms with Crippen molar-refractivity contribution in [2.24, 2.45) is 0 Å². The van der Waals surface area contributed by atoms with Crippen LogP contribution in [-0.2, 0) is 17.1 Å². The van der Waals surface area contributed by atoms with E-state index >= 15 is 0 Å². The van der Waals surface area contributed by atoms with Crippen LogP contribution in [0.2, 0.25) is 0 Å². The van der Waals surface area contributed by atoms with Gasteiger partial charge in [-0.2, -0.15) is 0 Å². The Hall–Kier alpha value is 0.569. The van der Waals surface area contributed by atoms with Crippen molar-refractivity contribution in [3.63, 3.8) is 0 Å². The zero-order valence-corrected chi connectivity index (χ0v) is 7.86. The van der Waals surface area contributed by atoms with Gasteiger partial charge in [-0.25, -0.2) is 0 Å². The maximum Gasteiger partial charge on any atom is 0.0176 e. The van der Waals surface area contributed by atoms with Crippen molar-refractivity contribution in [1.82, 2.24) is 0 Å². The van der Waals surface area contributed by atoms with Crippen LogP contribution in [0.4, 0.5) is 0 Å². The summed E-state index contributed by atoms with van der Waals surface area (Å²) in [5.74, 6) is 0. The average Bonchev–Trinajstić information content (AvgIpc) is 1.77. The summed E-state index contributed by atoms with van der Waals surface area (Å²) in [4.78, 5) is 0.994.